The van der Waals surface area contributed by atoms with Crippen LogP contribution in [0.2, 0.25) is 0 Å². The number of aliphatic hydroxyl groups excluding tert-OH is 1. The van der Waals surface area contributed by atoms with Gasteiger partial charge in [-0.3, -0.25) is 0 Å². The highest BCUT2D eigenvalue weighted by molar-refractivity contribution is 5.70. The maximum atomic E-state index is 12.1. The topological polar surface area (TPSA) is 88.1 Å². The number of alkyl carbamates (subject to hydrolysis) is 1. The van der Waals surface area contributed by atoms with Gasteiger partial charge in [0, 0.05) is 13.1 Å². The minimum Gasteiger partial charge on any atom is -0.445 e. The van der Waals surface area contributed by atoms with Crippen LogP contribution in [0.3, 0.4) is 0 Å². The van der Waals surface area contributed by atoms with Gasteiger partial charge in [0.15, 0.2) is 0 Å². The van der Waals surface area contributed by atoms with Gasteiger partial charge in [-0.25, -0.2) is 9.59 Å². The van der Waals surface area contributed by atoms with E-state index in [1.807, 2.05) is 30.3 Å². The molecule has 1 aromatic rings. The Kier molecular flexibility index (Phi) is 6.25. The molecule has 0 saturated carbocycles. The van der Waals surface area contributed by atoms with Crippen molar-refractivity contribution >= 4 is 12.2 Å². The van der Waals surface area contributed by atoms with Gasteiger partial charge < -0.3 is 24.8 Å². The molecule has 0 radical (unpaired) electrons. The lowest BCUT2D eigenvalue weighted by Crippen LogP contribution is -2.57. The van der Waals surface area contributed by atoms with Crippen molar-refractivity contribution in [1.82, 2.24) is 10.2 Å². The molecule has 1 aliphatic heterocycles. The fourth-order valence-electron chi connectivity index (χ4n) is 2.49. The van der Waals surface area contributed by atoms with Gasteiger partial charge in [-0.05, 0) is 32.8 Å². The largest absolute Gasteiger partial charge is 0.445 e. The molecule has 7 heteroatoms. The summed E-state index contributed by atoms with van der Waals surface area (Å²) in [5.74, 6) is 0. The number of nitrogens with zero attached hydrogens (tertiary/aromatic N) is 1. The van der Waals surface area contributed by atoms with E-state index in [9.17, 15) is 14.7 Å². The van der Waals surface area contributed by atoms with E-state index in [2.05, 4.69) is 5.32 Å². The summed E-state index contributed by atoms with van der Waals surface area (Å²) < 4.78 is 10.5. The highest BCUT2D eigenvalue weighted by Gasteiger charge is 2.33. The van der Waals surface area contributed by atoms with E-state index in [4.69, 9.17) is 9.47 Å². The van der Waals surface area contributed by atoms with E-state index in [0.717, 1.165) is 5.56 Å². The number of aliphatic hydroxyl groups is 1. The monoisotopic (exact) mass is 350 g/mol. The number of rotatable bonds is 3. The average Bonchev–Trinajstić information content (AvgIpc) is 2.54. The van der Waals surface area contributed by atoms with Gasteiger partial charge in [0.2, 0.25) is 0 Å². The van der Waals surface area contributed by atoms with Crippen LogP contribution >= 0.6 is 0 Å². The van der Waals surface area contributed by atoms with E-state index in [0.29, 0.717) is 13.0 Å². The Balaban J connectivity index is 1.84. The Morgan fingerprint density at radius 2 is 1.96 bits per heavy atom. The lowest BCUT2D eigenvalue weighted by Gasteiger charge is -2.36. The smallest absolute Gasteiger partial charge is 0.410 e. The maximum Gasteiger partial charge on any atom is 0.410 e. The number of ether oxygens (including phenoxy) is 2. The summed E-state index contributed by atoms with van der Waals surface area (Å²) in [7, 11) is 0. The van der Waals surface area contributed by atoms with E-state index in [1.54, 1.807) is 20.8 Å². The molecule has 0 aliphatic carbocycles. The molecule has 2 atom stereocenters. The van der Waals surface area contributed by atoms with Gasteiger partial charge >= 0.3 is 12.2 Å². The second-order valence-electron chi connectivity index (χ2n) is 7.09. The maximum absolute atomic E-state index is 12.1. The van der Waals surface area contributed by atoms with Crippen molar-refractivity contribution in [2.75, 3.05) is 13.1 Å². The summed E-state index contributed by atoms with van der Waals surface area (Å²) in [5.41, 5.74) is 0.280. The molecule has 1 heterocycles. The van der Waals surface area contributed by atoms with Crippen LogP contribution in [0.15, 0.2) is 30.3 Å². The van der Waals surface area contributed by atoms with Crippen LogP contribution in [0.4, 0.5) is 9.59 Å². The van der Waals surface area contributed by atoms with Crippen molar-refractivity contribution in [2.45, 2.75) is 51.5 Å². The lowest BCUT2D eigenvalue weighted by molar-refractivity contribution is -0.000231. The number of amides is 2. The standard InChI is InChI=1S/C18H26N2O5/c1-18(2,3)25-17(23)20-10-9-15(21)14(11-20)19-16(22)24-12-13-7-5-4-6-8-13/h4-8,14-15,21H,9-12H2,1-3H3,(H,19,22)/t14-,15-/m1/s1. The fraction of sp³-hybridized carbons (Fsp3) is 0.556. The summed E-state index contributed by atoms with van der Waals surface area (Å²) in [5, 5.41) is 12.7. The summed E-state index contributed by atoms with van der Waals surface area (Å²) in [6.45, 7) is 6.08. The van der Waals surface area contributed by atoms with Crippen LogP contribution in [-0.4, -0.2) is 53.0 Å². The SMILES string of the molecule is CC(C)(C)OC(=O)N1CC[C@@H](O)[C@H](NC(=O)OCc2ccccc2)C1. The van der Waals surface area contributed by atoms with Crippen LogP contribution in [0.5, 0.6) is 0 Å². The van der Waals surface area contributed by atoms with Gasteiger partial charge in [0.05, 0.1) is 12.1 Å². The van der Waals surface area contributed by atoms with Gasteiger partial charge in [-0.1, -0.05) is 30.3 Å². The van der Waals surface area contributed by atoms with Crippen molar-refractivity contribution in [3.05, 3.63) is 35.9 Å². The number of carbonyl (C=O) groups is 2. The van der Waals surface area contributed by atoms with Crippen LogP contribution in [0, 0.1) is 0 Å². The van der Waals surface area contributed by atoms with Crippen LogP contribution in [0.25, 0.3) is 0 Å². The minimum absolute atomic E-state index is 0.144. The van der Waals surface area contributed by atoms with E-state index in [-0.39, 0.29) is 13.2 Å². The molecule has 1 aliphatic rings. The van der Waals surface area contributed by atoms with Crippen molar-refractivity contribution in [2.24, 2.45) is 0 Å². The molecule has 0 unspecified atom stereocenters. The molecule has 1 fully saturated rings. The number of likely N-dealkylation sites (tertiary alicyclic amines) is 1. The number of hydrogen-bond donors (Lipinski definition) is 2. The third-order valence-electron chi connectivity index (χ3n) is 3.74. The molecule has 0 spiro atoms. The number of carbonyl (C=O) groups excluding carboxylic acids is 2. The first-order valence-electron chi connectivity index (χ1n) is 8.38. The Labute approximate surface area is 147 Å². The summed E-state index contributed by atoms with van der Waals surface area (Å²) >= 11 is 0. The zero-order valence-corrected chi connectivity index (χ0v) is 14.9. The first kappa shape index (κ1) is 19.1. The second kappa shape index (κ2) is 8.20. The summed E-state index contributed by atoms with van der Waals surface area (Å²) in [4.78, 5) is 25.6. The first-order valence-corrected chi connectivity index (χ1v) is 8.38. The quantitative estimate of drug-likeness (QED) is 0.873. The first-order chi connectivity index (χ1) is 11.7. The number of piperidine rings is 1. The van der Waals surface area contributed by atoms with Crippen LogP contribution in [0.1, 0.15) is 32.8 Å². The predicted octanol–water partition coefficient (Wildman–Crippen LogP) is 2.28. The Morgan fingerprint density at radius 1 is 1.28 bits per heavy atom. The lowest BCUT2D eigenvalue weighted by atomic mass is 10.0. The van der Waals surface area contributed by atoms with Crippen molar-refractivity contribution in [3.63, 3.8) is 0 Å². The van der Waals surface area contributed by atoms with Crippen LogP contribution in [-0.2, 0) is 16.1 Å². The van der Waals surface area contributed by atoms with Gasteiger partial charge in [-0.15, -0.1) is 0 Å². The molecule has 7 nitrogen and oxygen atoms in total. The molecule has 0 bridgehead atoms. The number of nitrogens with one attached hydrogen (secondary N) is 1. The minimum atomic E-state index is -0.733. The normalized spacial score (nSPS) is 20.7. The van der Waals surface area contributed by atoms with Gasteiger partial charge in [-0.2, -0.15) is 0 Å². The Bertz CT molecular complexity index is 585. The molecular weight excluding hydrogens is 324 g/mol. The molecule has 2 rings (SSSR count). The van der Waals surface area contributed by atoms with Crippen molar-refractivity contribution < 1.29 is 24.2 Å². The van der Waals surface area contributed by atoms with Gasteiger partial charge in [0.25, 0.3) is 0 Å². The molecule has 2 amide bonds. The molecular formula is C18H26N2O5. The van der Waals surface area contributed by atoms with E-state index >= 15 is 0 Å². The zero-order valence-electron chi connectivity index (χ0n) is 14.9. The highest BCUT2D eigenvalue weighted by Crippen LogP contribution is 2.16. The average molecular weight is 350 g/mol. The Hall–Kier alpha value is -2.28. The molecule has 0 aromatic heterocycles. The van der Waals surface area contributed by atoms with E-state index < -0.39 is 29.9 Å². The molecule has 2 N–H and O–H groups in total. The molecule has 1 aromatic carbocycles. The molecule has 138 valence electrons. The summed E-state index contributed by atoms with van der Waals surface area (Å²) in [6.07, 6.45) is -1.45. The summed E-state index contributed by atoms with van der Waals surface area (Å²) in [6, 6.07) is 8.72. The highest BCUT2D eigenvalue weighted by atomic mass is 16.6. The third-order valence-corrected chi connectivity index (χ3v) is 3.74. The van der Waals surface area contributed by atoms with Crippen LogP contribution < -0.4 is 5.32 Å². The molecule has 25 heavy (non-hydrogen) atoms. The third kappa shape index (κ3) is 6.26. The fourth-order valence-corrected chi connectivity index (χ4v) is 2.49. The zero-order chi connectivity index (χ0) is 18.4. The Morgan fingerprint density at radius 3 is 2.60 bits per heavy atom. The number of hydrogen-bond acceptors (Lipinski definition) is 5. The van der Waals surface area contributed by atoms with E-state index in [1.165, 1.54) is 4.90 Å². The predicted molar refractivity (Wildman–Crippen MR) is 92.0 cm³/mol. The number of benzene rings is 1. The molecule has 1 saturated heterocycles. The second-order valence-corrected chi connectivity index (χ2v) is 7.09. The van der Waals surface area contributed by atoms with Crippen molar-refractivity contribution in [3.8, 4) is 0 Å². The van der Waals surface area contributed by atoms with Gasteiger partial charge in [0.1, 0.15) is 12.2 Å². The van der Waals surface area contributed by atoms with Crippen molar-refractivity contribution in [1.29, 1.82) is 0 Å².